The minimum absolute atomic E-state index is 0.0187. The van der Waals surface area contributed by atoms with Gasteiger partial charge in [-0.2, -0.15) is 0 Å². The van der Waals surface area contributed by atoms with Crippen LogP contribution in [0, 0.1) is 6.92 Å². The van der Waals surface area contributed by atoms with E-state index in [0.29, 0.717) is 11.4 Å². The molecule has 0 radical (unpaired) electrons. The lowest BCUT2D eigenvalue weighted by Gasteiger charge is -2.13. The van der Waals surface area contributed by atoms with E-state index in [1.807, 2.05) is 18.2 Å². The number of esters is 1. The summed E-state index contributed by atoms with van der Waals surface area (Å²) in [6, 6.07) is 12.0. The summed E-state index contributed by atoms with van der Waals surface area (Å²) in [4.78, 5) is 41.4. The van der Waals surface area contributed by atoms with E-state index in [1.54, 1.807) is 30.8 Å². The molecule has 0 saturated carbocycles. The summed E-state index contributed by atoms with van der Waals surface area (Å²) in [7, 11) is 1.72. The van der Waals surface area contributed by atoms with Crippen LogP contribution in [0.5, 0.6) is 0 Å². The molecule has 0 bridgehead atoms. The molecule has 8 nitrogen and oxygen atoms in total. The number of rotatable bonds is 5. The molecule has 1 atom stereocenters. The van der Waals surface area contributed by atoms with Gasteiger partial charge < -0.3 is 10.1 Å². The van der Waals surface area contributed by atoms with Gasteiger partial charge >= 0.3 is 5.97 Å². The SMILES string of the molecule is Cc1c(NC(=O)[C@@H](C)OC(=O)c2cccnc2Cl)c(=O)n(-c2ccccc2)n1C. The van der Waals surface area contributed by atoms with E-state index < -0.39 is 23.5 Å². The highest BCUT2D eigenvalue weighted by molar-refractivity contribution is 6.32. The van der Waals surface area contributed by atoms with Crippen molar-refractivity contribution < 1.29 is 14.3 Å². The molecular formula is C20H19ClN4O4. The first-order chi connectivity index (χ1) is 13.8. The van der Waals surface area contributed by atoms with Crippen LogP contribution in [0.15, 0.2) is 53.5 Å². The summed E-state index contributed by atoms with van der Waals surface area (Å²) < 4.78 is 8.24. The normalized spacial score (nSPS) is 11.7. The van der Waals surface area contributed by atoms with Gasteiger partial charge in [-0.3, -0.25) is 14.3 Å². The molecule has 3 aromatic rings. The first-order valence-corrected chi connectivity index (χ1v) is 9.15. The van der Waals surface area contributed by atoms with Crippen molar-refractivity contribution in [2.45, 2.75) is 20.0 Å². The molecule has 0 aliphatic heterocycles. The van der Waals surface area contributed by atoms with Gasteiger partial charge in [0.15, 0.2) is 6.10 Å². The zero-order valence-electron chi connectivity index (χ0n) is 16.0. The molecule has 9 heteroatoms. The Morgan fingerprint density at radius 3 is 2.52 bits per heavy atom. The second-order valence-electron chi connectivity index (χ2n) is 6.32. The summed E-state index contributed by atoms with van der Waals surface area (Å²) in [5.74, 6) is -1.42. The quantitative estimate of drug-likeness (QED) is 0.511. The third-order valence-corrected chi connectivity index (χ3v) is 4.74. The first-order valence-electron chi connectivity index (χ1n) is 8.77. The Hall–Kier alpha value is -3.39. The number of halogens is 1. The van der Waals surface area contributed by atoms with Crippen LogP contribution < -0.4 is 10.9 Å². The van der Waals surface area contributed by atoms with E-state index in [-0.39, 0.29) is 16.4 Å². The Morgan fingerprint density at radius 2 is 1.86 bits per heavy atom. The Morgan fingerprint density at radius 1 is 1.17 bits per heavy atom. The number of ether oxygens (including phenoxy) is 1. The molecule has 0 aliphatic rings. The Balaban J connectivity index is 1.80. The number of amides is 1. The molecule has 1 aromatic carbocycles. The average Bonchev–Trinajstić information content (AvgIpc) is 2.92. The van der Waals surface area contributed by atoms with Gasteiger partial charge in [-0.25, -0.2) is 14.5 Å². The largest absolute Gasteiger partial charge is 0.449 e. The molecule has 0 saturated heterocycles. The molecular weight excluding hydrogens is 396 g/mol. The molecule has 0 spiro atoms. The lowest BCUT2D eigenvalue weighted by molar-refractivity contribution is -0.123. The minimum Gasteiger partial charge on any atom is -0.449 e. The summed E-state index contributed by atoms with van der Waals surface area (Å²) in [6.07, 6.45) is 0.286. The maximum Gasteiger partial charge on any atom is 0.342 e. The number of anilines is 1. The Labute approximate surface area is 171 Å². The van der Waals surface area contributed by atoms with Crippen molar-refractivity contribution in [1.82, 2.24) is 14.3 Å². The predicted octanol–water partition coefficient (Wildman–Crippen LogP) is 2.72. The van der Waals surface area contributed by atoms with Crippen molar-refractivity contribution in [2.75, 3.05) is 5.32 Å². The highest BCUT2D eigenvalue weighted by atomic mass is 35.5. The Bertz CT molecular complexity index is 1120. The minimum atomic E-state index is -1.15. The molecule has 3 rings (SSSR count). The second kappa shape index (κ2) is 8.32. The zero-order chi connectivity index (χ0) is 21.1. The van der Waals surface area contributed by atoms with Crippen LogP contribution in [0.4, 0.5) is 5.69 Å². The van der Waals surface area contributed by atoms with Crippen LogP contribution >= 0.6 is 11.6 Å². The van der Waals surface area contributed by atoms with Gasteiger partial charge in [-0.1, -0.05) is 29.8 Å². The maximum absolute atomic E-state index is 12.9. The average molecular weight is 415 g/mol. The smallest absolute Gasteiger partial charge is 0.342 e. The fraction of sp³-hybridized carbons (Fsp3) is 0.200. The number of hydrogen-bond donors (Lipinski definition) is 1. The number of pyridine rings is 1. The second-order valence-corrected chi connectivity index (χ2v) is 6.67. The predicted molar refractivity (Wildman–Crippen MR) is 109 cm³/mol. The van der Waals surface area contributed by atoms with Gasteiger partial charge in [-0.15, -0.1) is 0 Å². The van der Waals surface area contributed by atoms with Gasteiger partial charge in [0.25, 0.3) is 11.5 Å². The molecule has 150 valence electrons. The monoisotopic (exact) mass is 414 g/mol. The number of carbonyl (C=O) groups excluding carboxylic acids is 2. The van der Waals surface area contributed by atoms with Crippen molar-refractivity contribution in [2.24, 2.45) is 7.05 Å². The van der Waals surface area contributed by atoms with Gasteiger partial charge in [0.1, 0.15) is 10.8 Å². The highest BCUT2D eigenvalue weighted by Crippen LogP contribution is 2.16. The first kappa shape index (κ1) is 20.3. The van der Waals surface area contributed by atoms with Crippen LogP contribution in [0.25, 0.3) is 5.69 Å². The fourth-order valence-corrected chi connectivity index (χ4v) is 2.95. The topological polar surface area (TPSA) is 95.2 Å². The molecule has 0 fully saturated rings. The lowest BCUT2D eigenvalue weighted by Crippen LogP contribution is -2.32. The highest BCUT2D eigenvalue weighted by Gasteiger charge is 2.24. The van der Waals surface area contributed by atoms with Crippen LogP contribution in [0.2, 0.25) is 5.15 Å². The molecule has 0 unspecified atom stereocenters. The van der Waals surface area contributed by atoms with Crippen molar-refractivity contribution >= 4 is 29.2 Å². The van der Waals surface area contributed by atoms with Gasteiger partial charge in [0.05, 0.1) is 16.9 Å². The van der Waals surface area contributed by atoms with Crippen LogP contribution in [-0.4, -0.2) is 32.3 Å². The number of nitrogens with one attached hydrogen (secondary N) is 1. The summed E-state index contributed by atoms with van der Waals surface area (Å²) >= 11 is 5.87. The van der Waals surface area contributed by atoms with Crippen molar-refractivity contribution in [3.63, 3.8) is 0 Å². The van der Waals surface area contributed by atoms with E-state index in [2.05, 4.69) is 10.3 Å². The number of nitrogens with zero attached hydrogens (tertiary/aromatic N) is 3. The molecule has 2 aromatic heterocycles. The van der Waals surface area contributed by atoms with E-state index in [1.165, 1.54) is 29.9 Å². The summed E-state index contributed by atoms with van der Waals surface area (Å²) in [6.45, 7) is 3.12. The summed E-state index contributed by atoms with van der Waals surface area (Å²) in [5.41, 5.74) is 0.994. The van der Waals surface area contributed by atoms with E-state index >= 15 is 0 Å². The van der Waals surface area contributed by atoms with Gasteiger partial charge in [0.2, 0.25) is 0 Å². The van der Waals surface area contributed by atoms with Crippen LogP contribution in [0.3, 0.4) is 0 Å². The molecule has 29 heavy (non-hydrogen) atoms. The van der Waals surface area contributed by atoms with Crippen molar-refractivity contribution in [1.29, 1.82) is 0 Å². The van der Waals surface area contributed by atoms with E-state index in [0.717, 1.165) is 0 Å². The molecule has 2 heterocycles. The number of aromatic nitrogens is 3. The van der Waals surface area contributed by atoms with Crippen LogP contribution in [0.1, 0.15) is 23.0 Å². The van der Waals surface area contributed by atoms with Crippen molar-refractivity contribution in [3.8, 4) is 5.69 Å². The van der Waals surface area contributed by atoms with Crippen LogP contribution in [-0.2, 0) is 16.6 Å². The van der Waals surface area contributed by atoms with E-state index in [9.17, 15) is 14.4 Å². The van der Waals surface area contributed by atoms with Gasteiger partial charge in [-0.05, 0) is 38.1 Å². The molecule has 1 amide bonds. The number of hydrogen-bond acceptors (Lipinski definition) is 5. The molecule has 1 N–H and O–H groups in total. The summed E-state index contributed by atoms with van der Waals surface area (Å²) in [5, 5.41) is 2.54. The number of benzene rings is 1. The maximum atomic E-state index is 12.9. The third-order valence-electron chi connectivity index (χ3n) is 4.43. The molecule has 0 aliphatic carbocycles. The fourth-order valence-electron chi connectivity index (χ4n) is 2.75. The van der Waals surface area contributed by atoms with Gasteiger partial charge in [0, 0.05) is 13.2 Å². The number of carbonyl (C=O) groups is 2. The number of para-hydroxylation sites is 1. The third kappa shape index (κ3) is 4.07. The zero-order valence-corrected chi connectivity index (χ0v) is 16.8. The van der Waals surface area contributed by atoms with E-state index in [4.69, 9.17) is 16.3 Å². The standard InChI is InChI=1S/C20H19ClN4O4/c1-12-16(19(27)25(24(12)3)14-8-5-4-6-9-14)23-18(26)13(2)29-20(28)15-10-7-11-22-17(15)21/h4-11,13H,1-3H3,(H,23,26)/t13-/m1/s1. The Kier molecular flexibility index (Phi) is 5.84. The van der Waals surface area contributed by atoms with Crippen molar-refractivity contribution in [3.05, 3.63) is 75.4 Å². The lowest BCUT2D eigenvalue weighted by atomic mass is 10.3.